The molecule has 7 nitrogen and oxygen atoms in total. The van der Waals surface area contributed by atoms with E-state index in [0.717, 1.165) is 34.3 Å². The van der Waals surface area contributed by atoms with E-state index < -0.39 is 22.8 Å². The number of urea groups is 1. The third-order valence-corrected chi connectivity index (χ3v) is 6.26. The van der Waals surface area contributed by atoms with E-state index in [1.54, 1.807) is 12.1 Å². The smallest absolute Gasteiger partial charge is 0.396 e. The van der Waals surface area contributed by atoms with E-state index >= 15 is 0 Å². The number of carbonyl (C=O) groups is 2. The molecular weight excluding hydrogens is 485 g/mol. The van der Waals surface area contributed by atoms with Crippen molar-refractivity contribution in [3.8, 4) is 0 Å². The number of H-pyrrole nitrogens is 1. The van der Waals surface area contributed by atoms with Gasteiger partial charge in [-0.25, -0.2) is 4.79 Å². The van der Waals surface area contributed by atoms with Crippen LogP contribution in [-0.4, -0.2) is 41.2 Å². The second kappa shape index (κ2) is 10.2. The lowest BCUT2D eigenvalue weighted by molar-refractivity contribution is -0.137. The van der Waals surface area contributed by atoms with Gasteiger partial charge in [0, 0.05) is 47.0 Å². The summed E-state index contributed by atoms with van der Waals surface area (Å²) in [6.45, 7) is 0.367. The summed E-state index contributed by atoms with van der Waals surface area (Å²) in [5.74, 6) is -0.235. The molecule has 0 aliphatic heterocycles. The number of aliphatic hydroxyl groups is 1. The molecule has 1 aromatic heterocycles. The van der Waals surface area contributed by atoms with Gasteiger partial charge in [-0.05, 0) is 67.6 Å². The molecule has 2 aromatic carbocycles. The van der Waals surface area contributed by atoms with Gasteiger partial charge in [0.15, 0.2) is 0 Å². The summed E-state index contributed by atoms with van der Waals surface area (Å²) in [5, 5.41) is 17.4. The van der Waals surface area contributed by atoms with Gasteiger partial charge in [0.1, 0.15) is 0 Å². The number of benzene rings is 2. The SMILES string of the molecule is O=C(Nc1ccc(Cl)c(C(F)(F)F)c1)NC1CCc2[nH]c3ccc(C(=O)NCCCO)cc3c2C1. The van der Waals surface area contributed by atoms with Crippen molar-refractivity contribution in [1.82, 2.24) is 15.6 Å². The number of anilines is 1. The molecular formula is C24H24ClF3N4O3. The zero-order valence-corrected chi connectivity index (χ0v) is 19.3. The van der Waals surface area contributed by atoms with Crippen LogP contribution in [0.2, 0.25) is 5.02 Å². The summed E-state index contributed by atoms with van der Waals surface area (Å²) in [7, 11) is 0. The zero-order chi connectivity index (χ0) is 25.2. The van der Waals surface area contributed by atoms with Crippen LogP contribution in [0.5, 0.6) is 0 Å². The molecule has 0 spiro atoms. The van der Waals surface area contributed by atoms with Crippen molar-refractivity contribution in [2.24, 2.45) is 0 Å². The molecule has 0 saturated heterocycles. The molecule has 11 heteroatoms. The van der Waals surface area contributed by atoms with Crippen molar-refractivity contribution in [1.29, 1.82) is 0 Å². The Balaban J connectivity index is 1.45. The number of hydrogen-bond acceptors (Lipinski definition) is 3. The van der Waals surface area contributed by atoms with E-state index in [-0.39, 0.29) is 24.2 Å². The summed E-state index contributed by atoms with van der Waals surface area (Å²) < 4.78 is 39.2. The fourth-order valence-corrected chi connectivity index (χ4v) is 4.46. The largest absolute Gasteiger partial charge is 0.417 e. The first-order chi connectivity index (χ1) is 16.7. The van der Waals surface area contributed by atoms with Gasteiger partial charge in [-0.3, -0.25) is 4.79 Å². The molecule has 0 saturated carbocycles. The molecule has 0 fully saturated rings. The second-order valence-corrected chi connectivity index (χ2v) is 8.81. The molecule has 1 heterocycles. The highest BCUT2D eigenvalue weighted by atomic mass is 35.5. The minimum absolute atomic E-state index is 0.00584. The normalized spacial score (nSPS) is 15.5. The number of aromatic amines is 1. The van der Waals surface area contributed by atoms with Crippen LogP contribution in [0.25, 0.3) is 10.9 Å². The number of aryl methyl sites for hydroxylation is 1. The molecule has 3 aromatic rings. The van der Waals surface area contributed by atoms with Gasteiger partial charge >= 0.3 is 12.2 Å². The first kappa shape index (κ1) is 24.9. The van der Waals surface area contributed by atoms with E-state index in [9.17, 15) is 22.8 Å². The lowest BCUT2D eigenvalue weighted by Gasteiger charge is -2.24. The Hall–Kier alpha value is -3.24. The van der Waals surface area contributed by atoms with Crippen LogP contribution in [0.4, 0.5) is 23.7 Å². The van der Waals surface area contributed by atoms with Crippen LogP contribution >= 0.6 is 11.6 Å². The van der Waals surface area contributed by atoms with Crippen molar-refractivity contribution < 1.29 is 27.9 Å². The van der Waals surface area contributed by atoms with Gasteiger partial charge < -0.3 is 26.0 Å². The topological polar surface area (TPSA) is 106 Å². The Morgan fingerprint density at radius 3 is 2.71 bits per heavy atom. The van der Waals surface area contributed by atoms with E-state index in [0.29, 0.717) is 37.8 Å². The molecule has 5 N–H and O–H groups in total. The van der Waals surface area contributed by atoms with Gasteiger partial charge in [-0.15, -0.1) is 0 Å². The average molecular weight is 509 g/mol. The van der Waals surface area contributed by atoms with Gasteiger partial charge in [-0.2, -0.15) is 13.2 Å². The number of aliphatic hydroxyl groups excluding tert-OH is 1. The number of amides is 3. The van der Waals surface area contributed by atoms with Gasteiger partial charge in [-0.1, -0.05) is 11.6 Å². The van der Waals surface area contributed by atoms with Crippen LogP contribution in [0, 0.1) is 0 Å². The fraction of sp³-hybridized carbons (Fsp3) is 0.333. The molecule has 0 radical (unpaired) electrons. The molecule has 1 atom stereocenters. The number of aromatic nitrogens is 1. The molecule has 3 amide bonds. The summed E-state index contributed by atoms with van der Waals surface area (Å²) in [6.07, 6.45) is -2.33. The third kappa shape index (κ3) is 5.71. The van der Waals surface area contributed by atoms with Crippen molar-refractivity contribution in [3.05, 3.63) is 63.8 Å². The predicted molar refractivity (Wildman–Crippen MR) is 127 cm³/mol. The maximum atomic E-state index is 13.1. The number of fused-ring (bicyclic) bond motifs is 3. The molecule has 0 bridgehead atoms. The Bertz CT molecular complexity index is 1260. The van der Waals surface area contributed by atoms with Crippen LogP contribution in [-0.2, 0) is 19.0 Å². The minimum atomic E-state index is -4.63. The zero-order valence-electron chi connectivity index (χ0n) is 18.6. The standard InChI is InChI=1S/C24H24ClF3N4O3/c25-19-5-3-15(12-18(19)24(26,27)28)31-23(35)30-14-4-7-21-17(11-14)16-10-13(2-6-20(16)32-21)22(34)29-8-1-9-33/h2-3,5-6,10,12,14,32-33H,1,4,7-9,11H2,(H,29,34)(H2,30,31,35). The Morgan fingerprint density at radius 1 is 1.17 bits per heavy atom. The van der Waals surface area contributed by atoms with Crippen LogP contribution in [0.15, 0.2) is 36.4 Å². The molecule has 35 heavy (non-hydrogen) atoms. The quantitative estimate of drug-likeness (QED) is 0.313. The van der Waals surface area contributed by atoms with Gasteiger partial charge in [0.05, 0.1) is 10.6 Å². The summed E-state index contributed by atoms with van der Waals surface area (Å²) in [5.41, 5.74) is 2.37. The van der Waals surface area contributed by atoms with Crippen molar-refractivity contribution >= 4 is 40.1 Å². The molecule has 1 unspecified atom stereocenters. The number of alkyl halides is 3. The second-order valence-electron chi connectivity index (χ2n) is 8.41. The van der Waals surface area contributed by atoms with Crippen LogP contribution < -0.4 is 16.0 Å². The van der Waals surface area contributed by atoms with E-state index in [2.05, 4.69) is 20.9 Å². The lowest BCUT2D eigenvalue weighted by atomic mass is 9.91. The summed E-state index contributed by atoms with van der Waals surface area (Å²) in [4.78, 5) is 28.3. The maximum absolute atomic E-state index is 13.1. The number of carbonyl (C=O) groups excluding carboxylic acids is 2. The number of nitrogens with one attached hydrogen (secondary N) is 4. The Kier molecular flexibility index (Phi) is 7.23. The van der Waals surface area contributed by atoms with Crippen molar-refractivity contribution in [2.75, 3.05) is 18.5 Å². The number of halogens is 4. The Morgan fingerprint density at radius 2 is 1.97 bits per heavy atom. The number of rotatable bonds is 6. The number of hydrogen-bond donors (Lipinski definition) is 5. The van der Waals surface area contributed by atoms with Gasteiger partial charge in [0.25, 0.3) is 5.91 Å². The monoisotopic (exact) mass is 508 g/mol. The summed E-state index contributed by atoms with van der Waals surface area (Å²) in [6, 6.07) is 7.71. The first-order valence-corrected chi connectivity index (χ1v) is 11.5. The summed E-state index contributed by atoms with van der Waals surface area (Å²) >= 11 is 5.63. The first-order valence-electron chi connectivity index (χ1n) is 11.1. The third-order valence-electron chi connectivity index (χ3n) is 5.94. The highest BCUT2D eigenvalue weighted by Gasteiger charge is 2.33. The van der Waals surface area contributed by atoms with Crippen LogP contribution in [0.1, 0.15) is 40.0 Å². The molecule has 4 rings (SSSR count). The van der Waals surface area contributed by atoms with Gasteiger partial charge in [0.2, 0.25) is 0 Å². The van der Waals surface area contributed by atoms with E-state index in [1.165, 1.54) is 6.07 Å². The Labute approximate surface area is 204 Å². The van der Waals surface area contributed by atoms with Crippen molar-refractivity contribution in [2.45, 2.75) is 37.9 Å². The molecule has 1 aliphatic carbocycles. The minimum Gasteiger partial charge on any atom is -0.396 e. The lowest BCUT2D eigenvalue weighted by Crippen LogP contribution is -2.41. The fourth-order valence-electron chi connectivity index (χ4n) is 4.24. The maximum Gasteiger partial charge on any atom is 0.417 e. The highest BCUT2D eigenvalue weighted by molar-refractivity contribution is 6.31. The van der Waals surface area contributed by atoms with Crippen molar-refractivity contribution in [3.63, 3.8) is 0 Å². The highest BCUT2D eigenvalue weighted by Crippen LogP contribution is 2.36. The molecule has 1 aliphatic rings. The van der Waals surface area contributed by atoms with Crippen LogP contribution in [0.3, 0.4) is 0 Å². The van der Waals surface area contributed by atoms with E-state index in [1.807, 2.05) is 6.07 Å². The predicted octanol–water partition coefficient (Wildman–Crippen LogP) is 4.63. The van der Waals surface area contributed by atoms with E-state index in [4.69, 9.17) is 16.7 Å². The average Bonchev–Trinajstić information content (AvgIpc) is 3.17. The molecule has 186 valence electrons.